The van der Waals surface area contributed by atoms with Gasteiger partial charge < -0.3 is 15.2 Å². The first-order chi connectivity index (χ1) is 11.5. The molecule has 1 aromatic carbocycles. The van der Waals surface area contributed by atoms with Crippen LogP contribution in [0, 0.1) is 11.3 Å². The summed E-state index contributed by atoms with van der Waals surface area (Å²) in [7, 11) is 0. The van der Waals surface area contributed by atoms with Gasteiger partial charge in [0.15, 0.2) is 0 Å². The molecule has 0 aromatic heterocycles. The second-order valence-electron chi connectivity index (χ2n) is 4.76. The van der Waals surface area contributed by atoms with Gasteiger partial charge in [0.2, 0.25) is 5.88 Å². The predicted octanol–water partition coefficient (Wildman–Crippen LogP) is 3.86. The van der Waals surface area contributed by atoms with Gasteiger partial charge >= 0.3 is 5.97 Å². The lowest BCUT2D eigenvalue weighted by atomic mass is 9.83. The van der Waals surface area contributed by atoms with E-state index in [1.54, 1.807) is 25.1 Å². The van der Waals surface area contributed by atoms with Gasteiger partial charge in [-0.15, -0.1) is 11.6 Å². The molecule has 126 valence electrons. The maximum atomic E-state index is 12.4. The molecule has 0 fully saturated rings. The second kappa shape index (κ2) is 7.80. The number of halogens is 3. The smallest absolute Gasteiger partial charge is 0.338 e. The predicted molar refractivity (Wildman–Crippen MR) is 91.5 cm³/mol. The van der Waals surface area contributed by atoms with Crippen molar-refractivity contribution < 1.29 is 14.3 Å². The number of carbonyl (C=O) groups is 1. The number of nitriles is 1. The zero-order valence-electron chi connectivity index (χ0n) is 12.6. The average molecular weight is 388 g/mol. The minimum absolute atomic E-state index is 0.0380. The van der Waals surface area contributed by atoms with E-state index < -0.39 is 11.9 Å². The molecule has 0 radical (unpaired) electrons. The third-order valence-electron chi connectivity index (χ3n) is 3.41. The monoisotopic (exact) mass is 386 g/mol. The van der Waals surface area contributed by atoms with Gasteiger partial charge in [0.25, 0.3) is 0 Å². The Morgan fingerprint density at radius 1 is 1.46 bits per heavy atom. The highest BCUT2D eigenvalue weighted by molar-refractivity contribution is 6.42. The maximum absolute atomic E-state index is 12.4. The number of benzene rings is 1. The van der Waals surface area contributed by atoms with E-state index in [9.17, 15) is 10.1 Å². The summed E-state index contributed by atoms with van der Waals surface area (Å²) in [6.45, 7) is 1.81. The minimum atomic E-state index is -0.872. The Kier molecular flexibility index (Phi) is 6.00. The van der Waals surface area contributed by atoms with Gasteiger partial charge in [0, 0.05) is 0 Å². The quantitative estimate of drug-likeness (QED) is 0.626. The molecule has 0 saturated carbocycles. The first-order valence-electron chi connectivity index (χ1n) is 6.93. The van der Waals surface area contributed by atoms with Crippen LogP contribution >= 0.6 is 34.8 Å². The standard InChI is InChI=1S/C16H13Cl3N2O3/c1-2-23-16(22)13-11(6-17)24-15(21)9(7-20)12(13)8-4-3-5-10(18)14(8)19/h3-5,12H,2,6,21H2,1H3. The number of carbonyl (C=O) groups excluding carboxylic acids is 1. The molecule has 2 rings (SSSR count). The summed E-state index contributed by atoms with van der Waals surface area (Å²) in [5.41, 5.74) is 6.39. The molecule has 8 heteroatoms. The number of alkyl halides is 1. The van der Waals surface area contributed by atoms with Crippen molar-refractivity contribution in [2.45, 2.75) is 12.8 Å². The van der Waals surface area contributed by atoms with Crippen LogP contribution in [0.15, 0.2) is 41.0 Å². The van der Waals surface area contributed by atoms with E-state index in [0.717, 1.165) is 0 Å². The molecular formula is C16H13Cl3N2O3. The van der Waals surface area contributed by atoms with Crippen molar-refractivity contribution in [1.29, 1.82) is 5.26 Å². The topological polar surface area (TPSA) is 85.3 Å². The van der Waals surface area contributed by atoms with Crippen molar-refractivity contribution in [3.05, 3.63) is 56.6 Å². The fraction of sp³-hybridized carbons (Fsp3) is 0.250. The van der Waals surface area contributed by atoms with Crippen molar-refractivity contribution in [3.63, 3.8) is 0 Å². The summed E-state index contributed by atoms with van der Waals surface area (Å²) in [5, 5.41) is 9.99. The summed E-state index contributed by atoms with van der Waals surface area (Å²) < 4.78 is 10.4. The fourth-order valence-corrected chi connectivity index (χ4v) is 3.02. The Hall–Kier alpha value is -1.87. The van der Waals surface area contributed by atoms with Gasteiger partial charge in [-0.25, -0.2) is 4.79 Å². The van der Waals surface area contributed by atoms with Crippen molar-refractivity contribution in [3.8, 4) is 6.07 Å². The third-order valence-corrected chi connectivity index (χ3v) is 4.48. The van der Waals surface area contributed by atoms with Crippen LogP contribution in [0.1, 0.15) is 18.4 Å². The molecule has 0 bridgehead atoms. The lowest BCUT2D eigenvalue weighted by Gasteiger charge is -2.28. The van der Waals surface area contributed by atoms with Crippen LogP contribution in [0.5, 0.6) is 0 Å². The van der Waals surface area contributed by atoms with Gasteiger partial charge in [0.05, 0.1) is 34.0 Å². The van der Waals surface area contributed by atoms with Crippen molar-refractivity contribution in [2.75, 3.05) is 12.5 Å². The third kappa shape index (κ3) is 3.32. The van der Waals surface area contributed by atoms with Crippen molar-refractivity contribution >= 4 is 40.8 Å². The van der Waals surface area contributed by atoms with Crippen LogP contribution in [0.25, 0.3) is 0 Å². The maximum Gasteiger partial charge on any atom is 0.338 e. The largest absolute Gasteiger partial charge is 0.463 e. The number of hydrogen-bond donors (Lipinski definition) is 1. The van der Waals surface area contributed by atoms with Gasteiger partial charge in [0.1, 0.15) is 17.4 Å². The molecule has 1 aliphatic heterocycles. The lowest BCUT2D eigenvalue weighted by molar-refractivity contribution is -0.139. The van der Waals surface area contributed by atoms with Gasteiger partial charge in [-0.2, -0.15) is 5.26 Å². The zero-order valence-corrected chi connectivity index (χ0v) is 14.9. The molecule has 1 unspecified atom stereocenters. The van der Waals surface area contributed by atoms with Crippen LogP contribution in [0.3, 0.4) is 0 Å². The molecule has 0 saturated heterocycles. The van der Waals surface area contributed by atoms with Crippen molar-refractivity contribution in [2.24, 2.45) is 5.73 Å². The molecule has 24 heavy (non-hydrogen) atoms. The molecule has 0 aliphatic carbocycles. The molecule has 1 atom stereocenters. The molecule has 1 heterocycles. The van der Waals surface area contributed by atoms with E-state index in [1.807, 2.05) is 6.07 Å². The minimum Gasteiger partial charge on any atom is -0.463 e. The van der Waals surface area contributed by atoms with E-state index in [-0.39, 0.29) is 45.3 Å². The van der Waals surface area contributed by atoms with E-state index in [2.05, 4.69) is 0 Å². The first-order valence-corrected chi connectivity index (χ1v) is 8.22. The summed E-state index contributed by atoms with van der Waals surface area (Å²) in [6.07, 6.45) is 0. The number of nitrogens with two attached hydrogens (primary N) is 1. The number of ether oxygens (including phenoxy) is 2. The Morgan fingerprint density at radius 3 is 2.75 bits per heavy atom. The second-order valence-corrected chi connectivity index (χ2v) is 5.81. The molecule has 0 amide bonds. The Balaban J connectivity index is 2.73. The average Bonchev–Trinajstić information content (AvgIpc) is 2.56. The summed E-state index contributed by atoms with van der Waals surface area (Å²) in [6, 6.07) is 6.88. The first kappa shape index (κ1) is 18.5. The van der Waals surface area contributed by atoms with Crippen LogP contribution in [-0.2, 0) is 14.3 Å². The Morgan fingerprint density at radius 2 is 2.17 bits per heavy atom. The van der Waals surface area contributed by atoms with E-state index in [4.69, 9.17) is 50.0 Å². The number of hydrogen-bond acceptors (Lipinski definition) is 5. The molecule has 1 aromatic rings. The number of nitrogens with zero attached hydrogens (tertiary/aromatic N) is 1. The normalized spacial score (nSPS) is 17.4. The van der Waals surface area contributed by atoms with Gasteiger partial charge in [-0.1, -0.05) is 35.3 Å². The number of esters is 1. The van der Waals surface area contributed by atoms with E-state index in [0.29, 0.717) is 5.56 Å². The highest BCUT2D eigenvalue weighted by Crippen LogP contribution is 2.43. The summed E-state index contributed by atoms with van der Waals surface area (Å²) in [4.78, 5) is 12.4. The summed E-state index contributed by atoms with van der Waals surface area (Å²) in [5.74, 6) is -1.67. The summed E-state index contributed by atoms with van der Waals surface area (Å²) >= 11 is 18.2. The highest BCUT2D eigenvalue weighted by atomic mass is 35.5. The fourth-order valence-electron chi connectivity index (χ4n) is 2.40. The SMILES string of the molecule is CCOC(=O)C1=C(CCl)OC(N)=C(C#N)C1c1cccc(Cl)c1Cl. The molecular weight excluding hydrogens is 375 g/mol. The molecule has 5 nitrogen and oxygen atoms in total. The van der Waals surface area contributed by atoms with Gasteiger partial charge in [-0.05, 0) is 18.6 Å². The molecule has 1 aliphatic rings. The van der Waals surface area contributed by atoms with Crippen LogP contribution in [0.4, 0.5) is 0 Å². The number of rotatable bonds is 4. The zero-order chi connectivity index (χ0) is 17.9. The van der Waals surface area contributed by atoms with Gasteiger partial charge in [-0.3, -0.25) is 0 Å². The molecule has 0 spiro atoms. The molecule has 2 N–H and O–H groups in total. The highest BCUT2D eigenvalue weighted by Gasteiger charge is 2.38. The Bertz CT molecular complexity index is 781. The van der Waals surface area contributed by atoms with E-state index in [1.165, 1.54) is 0 Å². The lowest BCUT2D eigenvalue weighted by Crippen LogP contribution is -2.27. The van der Waals surface area contributed by atoms with Crippen LogP contribution in [0.2, 0.25) is 10.0 Å². The Labute approximate surface area is 154 Å². The van der Waals surface area contributed by atoms with Crippen molar-refractivity contribution in [1.82, 2.24) is 0 Å². The van der Waals surface area contributed by atoms with E-state index >= 15 is 0 Å². The van der Waals surface area contributed by atoms with Crippen LogP contribution < -0.4 is 5.73 Å². The number of allylic oxidation sites excluding steroid dienone is 2. The van der Waals surface area contributed by atoms with Crippen LogP contribution in [-0.4, -0.2) is 18.5 Å².